The van der Waals surface area contributed by atoms with Gasteiger partial charge in [0.25, 0.3) is 0 Å². The molecule has 0 spiro atoms. The van der Waals surface area contributed by atoms with Crippen molar-refractivity contribution in [1.82, 2.24) is 19.6 Å². The molecule has 0 amide bonds. The van der Waals surface area contributed by atoms with E-state index in [0.29, 0.717) is 5.69 Å². The Hall–Kier alpha value is -1.70. The molecule has 0 unspecified atom stereocenters. The molecular weight excluding hydrogens is 295 g/mol. The number of halogens is 4. The lowest BCUT2D eigenvalue weighted by molar-refractivity contribution is -0.141. The first-order chi connectivity index (χ1) is 8.90. The van der Waals surface area contributed by atoms with E-state index >= 15 is 0 Å². The second-order valence-corrected chi connectivity index (χ2v) is 4.08. The van der Waals surface area contributed by atoms with E-state index in [-0.39, 0.29) is 19.0 Å². The predicted molar refractivity (Wildman–Crippen MR) is 70.7 cm³/mol. The highest BCUT2D eigenvalue weighted by molar-refractivity contribution is 5.85. The lowest BCUT2D eigenvalue weighted by atomic mass is 10.3. The fourth-order valence-electron chi connectivity index (χ4n) is 1.63. The second-order valence-electron chi connectivity index (χ2n) is 4.08. The highest BCUT2D eigenvalue weighted by atomic mass is 35.5. The van der Waals surface area contributed by atoms with E-state index in [0.717, 1.165) is 18.3 Å². The Morgan fingerprint density at radius 3 is 2.55 bits per heavy atom. The summed E-state index contributed by atoms with van der Waals surface area (Å²) in [5, 5.41) is 10.5. The fraction of sp³-hybridized carbons (Fsp3) is 0.455. The zero-order chi connectivity index (χ0) is 14.0. The van der Waals surface area contributed by atoms with Crippen LogP contribution in [-0.2, 0) is 26.3 Å². The molecule has 2 rings (SSSR count). The third kappa shape index (κ3) is 3.66. The molecule has 2 aromatic heterocycles. The van der Waals surface area contributed by atoms with Crippen LogP contribution in [0.25, 0.3) is 0 Å². The summed E-state index contributed by atoms with van der Waals surface area (Å²) >= 11 is 0. The molecule has 0 saturated carbocycles. The van der Waals surface area contributed by atoms with Gasteiger partial charge in [-0.1, -0.05) is 0 Å². The van der Waals surface area contributed by atoms with Crippen LogP contribution >= 0.6 is 12.4 Å². The van der Waals surface area contributed by atoms with E-state index in [1.165, 1.54) is 11.7 Å². The number of aromatic nitrogens is 4. The maximum absolute atomic E-state index is 12.5. The van der Waals surface area contributed by atoms with Gasteiger partial charge in [-0.25, -0.2) is 0 Å². The standard InChI is InChI=1S/C11H14F3N5.ClH/c1-3-19-7-8(5-16-19)15-6-9-4-10(11(12,13)14)17-18(9)2;/h4-5,7,15H,3,6H2,1-2H3;1H. The zero-order valence-corrected chi connectivity index (χ0v) is 11.8. The van der Waals surface area contributed by atoms with E-state index in [4.69, 9.17) is 0 Å². The maximum atomic E-state index is 12.5. The number of nitrogens with zero attached hydrogens (tertiary/aromatic N) is 4. The van der Waals surface area contributed by atoms with E-state index in [2.05, 4.69) is 15.5 Å². The largest absolute Gasteiger partial charge is 0.435 e. The second kappa shape index (κ2) is 6.17. The molecule has 0 aliphatic rings. The lowest BCUT2D eigenvalue weighted by Crippen LogP contribution is -2.07. The highest BCUT2D eigenvalue weighted by Crippen LogP contribution is 2.28. The normalized spacial score (nSPS) is 11.2. The van der Waals surface area contributed by atoms with Crippen molar-refractivity contribution in [2.75, 3.05) is 5.32 Å². The summed E-state index contributed by atoms with van der Waals surface area (Å²) in [6.45, 7) is 2.95. The zero-order valence-electron chi connectivity index (χ0n) is 11.0. The SMILES string of the molecule is CCn1cc(NCc2cc(C(F)(F)F)nn2C)cn1.Cl. The van der Waals surface area contributed by atoms with Crippen LogP contribution in [0.2, 0.25) is 0 Å². The summed E-state index contributed by atoms with van der Waals surface area (Å²) in [6, 6.07) is 1.04. The van der Waals surface area contributed by atoms with Gasteiger partial charge in [0.2, 0.25) is 0 Å². The summed E-state index contributed by atoms with van der Waals surface area (Å²) in [5.74, 6) is 0. The summed E-state index contributed by atoms with van der Waals surface area (Å²) in [7, 11) is 1.49. The molecule has 0 aliphatic carbocycles. The van der Waals surface area contributed by atoms with Crippen molar-refractivity contribution in [3.63, 3.8) is 0 Å². The third-order valence-electron chi connectivity index (χ3n) is 2.70. The van der Waals surface area contributed by atoms with Crippen molar-refractivity contribution in [2.24, 2.45) is 7.05 Å². The van der Waals surface area contributed by atoms with E-state index < -0.39 is 11.9 Å². The van der Waals surface area contributed by atoms with Crippen LogP contribution in [0.4, 0.5) is 18.9 Å². The summed E-state index contributed by atoms with van der Waals surface area (Å²) in [6.07, 6.45) is -0.991. The van der Waals surface area contributed by atoms with Crippen LogP contribution in [0.3, 0.4) is 0 Å². The van der Waals surface area contributed by atoms with Crippen LogP contribution in [0.15, 0.2) is 18.5 Å². The number of nitrogens with one attached hydrogen (secondary N) is 1. The van der Waals surface area contributed by atoms with Gasteiger partial charge in [0.05, 0.1) is 24.1 Å². The Bertz CT molecular complexity index is 561. The minimum atomic E-state index is -4.41. The van der Waals surface area contributed by atoms with Gasteiger partial charge in [0.1, 0.15) is 0 Å². The number of anilines is 1. The number of aryl methyl sites for hydroxylation is 2. The first kappa shape index (κ1) is 16.4. The quantitative estimate of drug-likeness (QED) is 0.944. The molecule has 1 N–H and O–H groups in total. The van der Waals surface area contributed by atoms with Crippen LogP contribution in [0.1, 0.15) is 18.3 Å². The van der Waals surface area contributed by atoms with E-state index in [9.17, 15) is 13.2 Å². The molecule has 0 aliphatic heterocycles. The molecule has 0 aromatic carbocycles. The number of alkyl halides is 3. The van der Waals surface area contributed by atoms with Gasteiger partial charge < -0.3 is 5.32 Å². The number of hydrogen-bond donors (Lipinski definition) is 1. The monoisotopic (exact) mass is 309 g/mol. The summed E-state index contributed by atoms with van der Waals surface area (Å²) in [5.41, 5.74) is 0.337. The van der Waals surface area contributed by atoms with Gasteiger partial charge in [-0.3, -0.25) is 9.36 Å². The van der Waals surface area contributed by atoms with Crippen molar-refractivity contribution in [3.05, 3.63) is 29.8 Å². The molecule has 0 saturated heterocycles. The Morgan fingerprint density at radius 1 is 1.35 bits per heavy atom. The molecule has 2 aromatic rings. The van der Waals surface area contributed by atoms with Crippen molar-refractivity contribution in [2.45, 2.75) is 26.2 Å². The Labute approximate surface area is 120 Å². The molecular formula is C11H15ClF3N5. The minimum absolute atomic E-state index is 0. The fourth-order valence-corrected chi connectivity index (χ4v) is 1.63. The molecule has 0 fully saturated rings. The first-order valence-electron chi connectivity index (χ1n) is 5.76. The number of rotatable bonds is 4. The molecule has 0 radical (unpaired) electrons. The van der Waals surface area contributed by atoms with Crippen molar-refractivity contribution >= 4 is 18.1 Å². The molecule has 2 heterocycles. The highest BCUT2D eigenvalue weighted by Gasteiger charge is 2.34. The first-order valence-corrected chi connectivity index (χ1v) is 5.76. The minimum Gasteiger partial charge on any atom is -0.377 e. The number of hydrogen-bond acceptors (Lipinski definition) is 3. The van der Waals surface area contributed by atoms with Gasteiger partial charge in [-0.2, -0.15) is 23.4 Å². The molecule has 20 heavy (non-hydrogen) atoms. The Balaban J connectivity index is 0.00000200. The summed E-state index contributed by atoms with van der Waals surface area (Å²) < 4.78 is 40.4. The Kier molecular flexibility index (Phi) is 5.04. The van der Waals surface area contributed by atoms with Crippen LogP contribution in [-0.4, -0.2) is 19.6 Å². The Morgan fingerprint density at radius 2 is 2.05 bits per heavy atom. The maximum Gasteiger partial charge on any atom is 0.435 e. The predicted octanol–water partition coefficient (Wildman–Crippen LogP) is 2.69. The van der Waals surface area contributed by atoms with Crippen molar-refractivity contribution in [3.8, 4) is 0 Å². The molecule has 9 heteroatoms. The van der Waals surface area contributed by atoms with Crippen molar-refractivity contribution in [1.29, 1.82) is 0 Å². The van der Waals surface area contributed by atoms with Crippen molar-refractivity contribution < 1.29 is 13.2 Å². The molecule has 0 atom stereocenters. The van der Waals surface area contributed by atoms with E-state index in [1.54, 1.807) is 17.1 Å². The van der Waals surface area contributed by atoms with Gasteiger partial charge >= 0.3 is 6.18 Å². The molecule has 112 valence electrons. The van der Waals surface area contributed by atoms with Crippen LogP contribution < -0.4 is 5.32 Å². The summed E-state index contributed by atoms with van der Waals surface area (Å²) in [4.78, 5) is 0. The van der Waals surface area contributed by atoms with Gasteiger partial charge in [-0.15, -0.1) is 12.4 Å². The average Bonchev–Trinajstić information content (AvgIpc) is 2.92. The van der Waals surface area contributed by atoms with E-state index in [1.807, 2.05) is 6.92 Å². The smallest absolute Gasteiger partial charge is 0.377 e. The van der Waals surface area contributed by atoms with Crippen LogP contribution in [0.5, 0.6) is 0 Å². The van der Waals surface area contributed by atoms with Crippen LogP contribution in [0, 0.1) is 0 Å². The third-order valence-corrected chi connectivity index (χ3v) is 2.70. The topological polar surface area (TPSA) is 47.7 Å². The average molecular weight is 310 g/mol. The van der Waals surface area contributed by atoms with Gasteiger partial charge in [-0.05, 0) is 13.0 Å². The lowest BCUT2D eigenvalue weighted by Gasteiger charge is -2.03. The van der Waals surface area contributed by atoms with Gasteiger partial charge in [0, 0.05) is 19.8 Å². The molecule has 5 nitrogen and oxygen atoms in total. The van der Waals surface area contributed by atoms with Gasteiger partial charge in [0.15, 0.2) is 5.69 Å². The molecule has 0 bridgehead atoms.